The van der Waals surface area contributed by atoms with Crippen LogP contribution in [-0.4, -0.2) is 42.4 Å². The fourth-order valence-electron chi connectivity index (χ4n) is 2.03. The van der Waals surface area contributed by atoms with E-state index in [1.165, 1.54) is 4.90 Å². The highest BCUT2D eigenvalue weighted by Crippen LogP contribution is 2.51. The molecule has 1 rings (SSSR count). The smallest absolute Gasteiger partial charge is 0.407 e. The first-order chi connectivity index (χ1) is 9.00. The molecular formula is C12H22NO5P. The molecule has 19 heavy (non-hydrogen) atoms. The van der Waals surface area contributed by atoms with E-state index in [9.17, 15) is 9.36 Å². The number of rotatable bonds is 5. The van der Waals surface area contributed by atoms with Gasteiger partial charge in [-0.2, -0.15) is 0 Å². The van der Waals surface area contributed by atoms with Crippen molar-refractivity contribution in [3.8, 4) is 0 Å². The summed E-state index contributed by atoms with van der Waals surface area (Å²) in [6.45, 7) is 5.12. The number of likely N-dealkylation sites (tertiary alicyclic amines) is 1. The van der Waals surface area contributed by atoms with Crippen molar-refractivity contribution in [3.63, 3.8) is 0 Å². The third-order valence-corrected chi connectivity index (χ3v) is 4.78. The zero-order valence-electron chi connectivity index (χ0n) is 11.5. The fraction of sp³-hybridized carbons (Fsp3) is 0.750. The SMILES string of the molecule is CCOP(=O)(/C=C1\CCCN(C(=O)O)CC1)OCC. The van der Waals surface area contributed by atoms with E-state index in [4.69, 9.17) is 14.2 Å². The summed E-state index contributed by atoms with van der Waals surface area (Å²) in [6, 6.07) is 0. The second kappa shape index (κ2) is 7.68. The molecule has 1 saturated heterocycles. The van der Waals surface area contributed by atoms with Gasteiger partial charge in [0.15, 0.2) is 0 Å². The molecule has 1 fully saturated rings. The molecule has 1 amide bonds. The largest absolute Gasteiger partial charge is 0.465 e. The van der Waals surface area contributed by atoms with Gasteiger partial charge in [-0.3, -0.25) is 4.57 Å². The van der Waals surface area contributed by atoms with E-state index in [1.54, 1.807) is 19.7 Å². The van der Waals surface area contributed by atoms with Gasteiger partial charge in [0.05, 0.1) is 13.2 Å². The van der Waals surface area contributed by atoms with E-state index < -0.39 is 13.7 Å². The van der Waals surface area contributed by atoms with Crippen LogP contribution in [0.2, 0.25) is 0 Å². The Morgan fingerprint density at radius 1 is 1.32 bits per heavy atom. The van der Waals surface area contributed by atoms with Crippen molar-refractivity contribution in [3.05, 3.63) is 11.4 Å². The maximum absolute atomic E-state index is 12.4. The van der Waals surface area contributed by atoms with Crippen molar-refractivity contribution in [2.45, 2.75) is 33.1 Å². The van der Waals surface area contributed by atoms with Crippen LogP contribution in [0.15, 0.2) is 11.4 Å². The van der Waals surface area contributed by atoms with E-state index in [2.05, 4.69) is 0 Å². The predicted molar refractivity (Wildman–Crippen MR) is 72.4 cm³/mol. The normalized spacial score (nSPS) is 19.5. The Balaban J connectivity index is 2.74. The molecule has 1 aliphatic heterocycles. The lowest BCUT2D eigenvalue weighted by Crippen LogP contribution is -2.30. The average Bonchev–Trinajstić information content (AvgIpc) is 2.55. The first kappa shape index (κ1) is 16.2. The molecule has 110 valence electrons. The lowest BCUT2D eigenvalue weighted by molar-refractivity contribution is 0.147. The summed E-state index contributed by atoms with van der Waals surface area (Å²) < 4.78 is 22.8. The van der Waals surface area contributed by atoms with Crippen LogP contribution < -0.4 is 0 Å². The van der Waals surface area contributed by atoms with E-state index in [-0.39, 0.29) is 0 Å². The Labute approximate surface area is 113 Å². The van der Waals surface area contributed by atoms with Crippen LogP contribution in [-0.2, 0) is 13.6 Å². The Kier molecular flexibility index (Phi) is 6.55. The Bertz CT molecular complexity index is 372. The molecule has 0 saturated carbocycles. The molecule has 1 heterocycles. The zero-order valence-corrected chi connectivity index (χ0v) is 12.4. The van der Waals surface area contributed by atoms with E-state index in [0.29, 0.717) is 32.7 Å². The lowest BCUT2D eigenvalue weighted by atomic mass is 10.1. The molecule has 0 spiro atoms. The molecule has 0 aromatic rings. The third-order valence-electron chi connectivity index (χ3n) is 2.86. The summed E-state index contributed by atoms with van der Waals surface area (Å²) in [7, 11) is -3.18. The minimum Gasteiger partial charge on any atom is -0.465 e. The summed E-state index contributed by atoms with van der Waals surface area (Å²) in [5.41, 5.74) is 0.953. The number of amides is 1. The molecule has 0 aliphatic carbocycles. The van der Waals surface area contributed by atoms with Crippen LogP contribution in [0.5, 0.6) is 0 Å². The summed E-state index contributed by atoms with van der Waals surface area (Å²) in [6.07, 6.45) is 1.14. The topological polar surface area (TPSA) is 76.1 Å². The first-order valence-electron chi connectivity index (χ1n) is 6.58. The van der Waals surface area contributed by atoms with Gasteiger partial charge in [-0.15, -0.1) is 0 Å². The Morgan fingerprint density at radius 2 is 1.95 bits per heavy atom. The van der Waals surface area contributed by atoms with E-state index in [0.717, 1.165) is 18.4 Å². The molecule has 6 nitrogen and oxygen atoms in total. The molecule has 0 unspecified atom stereocenters. The summed E-state index contributed by atoms with van der Waals surface area (Å²) in [5, 5.41) is 8.95. The lowest BCUT2D eigenvalue weighted by Gasteiger charge is -2.16. The van der Waals surface area contributed by atoms with Crippen LogP contribution >= 0.6 is 7.60 Å². The van der Waals surface area contributed by atoms with E-state index in [1.807, 2.05) is 0 Å². The van der Waals surface area contributed by atoms with Gasteiger partial charge in [-0.25, -0.2) is 4.79 Å². The maximum atomic E-state index is 12.4. The molecule has 1 N–H and O–H groups in total. The standard InChI is InChI=1S/C12H22NO5P/c1-3-17-19(16,18-4-2)10-11-6-5-8-13(9-7-11)12(14)15/h10H,3-9H2,1-2H3,(H,14,15)/b11-10+. The second-order valence-electron chi connectivity index (χ2n) is 4.29. The van der Waals surface area contributed by atoms with Gasteiger partial charge < -0.3 is 19.1 Å². The van der Waals surface area contributed by atoms with Crippen LogP contribution in [0, 0.1) is 0 Å². The van der Waals surface area contributed by atoms with Gasteiger partial charge in [0, 0.05) is 18.9 Å². The number of carbonyl (C=O) groups is 1. The molecule has 7 heteroatoms. The molecule has 0 radical (unpaired) electrons. The van der Waals surface area contributed by atoms with Gasteiger partial charge >= 0.3 is 13.7 Å². The molecule has 0 bridgehead atoms. The molecule has 0 aromatic heterocycles. The maximum Gasteiger partial charge on any atom is 0.407 e. The van der Waals surface area contributed by atoms with Crippen LogP contribution in [0.4, 0.5) is 4.79 Å². The van der Waals surface area contributed by atoms with Crippen molar-refractivity contribution in [1.29, 1.82) is 0 Å². The summed E-state index contributed by atoms with van der Waals surface area (Å²) >= 11 is 0. The van der Waals surface area contributed by atoms with Gasteiger partial charge in [-0.05, 0) is 33.1 Å². The number of hydrogen-bond donors (Lipinski definition) is 1. The van der Waals surface area contributed by atoms with Crippen LogP contribution in [0.25, 0.3) is 0 Å². The van der Waals surface area contributed by atoms with Crippen LogP contribution in [0.3, 0.4) is 0 Å². The fourth-order valence-corrected chi connectivity index (χ4v) is 3.68. The highest BCUT2D eigenvalue weighted by molar-refractivity contribution is 7.57. The molecule has 0 aromatic carbocycles. The van der Waals surface area contributed by atoms with Crippen molar-refractivity contribution < 1.29 is 23.5 Å². The number of hydrogen-bond acceptors (Lipinski definition) is 4. The molecular weight excluding hydrogens is 269 g/mol. The van der Waals surface area contributed by atoms with Gasteiger partial charge in [0.25, 0.3) is 0 Å². The summed E-state index contributed by atoms with van der Waals surface area (Å²) in [4.78, 5) is 12.3. The Hall–Kier alpha value is -0.840. The summed E-state index contributed by atoms with van der Waals surface area (Å²) in [5.74, 6) is 1.57. The van der Waals surface area contributed by atoms with Crippen molar-refractivity contribution >= 4 is 13.7 Å². The second-order valence-corrected chi connectivity index (χ2v) is 6.14. The highest BCUT2D eigenvalue weighted by atomic mass is 31.2. The van der Waals surface area contributed by atoms with Gasteiger partial charge in [0.1, 0.15) is 0 Å². The highest BCUT2D eigenvalue weighted by Gasteiger charge is 2.23. The minimum absolute atomic E-state index is 0.322. The van der Waals surface area contributed by atoms with Crippen LogP contribution in [0.1, 0.15) is 33.1 Å². The van der Waals surface area contributed by atoms with Gasteiger partial charge in [0.2, 0.25) is 0 Å². The minimum atomic E-state index is -3.18. The molecule has 1 aliphatic rings. The number of nitrogens with zero attached hydrogens (tertiary/aromatic N) is 1. The monoisotopic (exact) mass is 291 g/mol. The zero-order chi connectivity index (χ0) is 14.3. The first-order valence-corrected chi connectivity index (χ1v) is 8.19. The average molecular weight is 291 g/mol. The third kappa shape index (κ3) is 5.35. The predicted octanol–water partition coefficient (Wildman–Crippen LogP) is 3.30. The van der Waals surface area contributed by atoms with E-state index >= 15 is 0 Å². The number of carboxylic acid groups (broad SMARTS) is 1. The van der Waals surface area contributed by atoms with Crippen molar-refractivity contribution in [1.82, 2.24) is 4.90 Å². The van der Waals surface area contributed by atoms with Crippen molar-refractivity contribution in [2.75, 3.05) is 26.3 Å². The molecule has 0 atom stereocenters. The van der Waals surface area contributed by atoms with Gasteiger partial charge in [-0.1, -0.05) is 5.57 Å². The quantitative estimate of drug-likeness (QED) is 0.786. The van der Waals surface area contributed by atoms with Crippen molar-refractivity contribution in [2.24, 2.45) is 0 Å². The Morgan fingerprint density at radius 3 is 2.47 bits per heavy atom.